The summed E-state index contributed by atoms with van der Waals surface area (Å²) in [5.41, 5.74) is 0.455. The number of fused-ring (bicyclic) bond motifs is 1. The van der Waals surface area contributed by atoms with Gasteiger partial charge in [0, 0.05) is 17.8 Å². The Morgan fingerprint density at radius 2 is 1.89 bits per heavy atom. The molecule has 5 N–H and O–H groups in total. The second-order valence-electron chi connectivity index (χ2n) is 9.03. The van der Waals surface area contributed by atoms with Crippen molar-refractivity contribution in [2.75, 3.05) is 19.6 Å². The SMILES string of the molecule is CC1(C)S[C@@H]2[C@H](NC(=O)[C@H](NC(=O)N3CCNC3=O)c3ccccc3)C(=O)N2[C@H]1C(=O)NCC(=O)O. The number of nitrogens with zero attached hydrogens (tertiary/aromatic N) is 2. The Kier molecular flexibility index (Phi) is 6.80. The zero-order chi connectivity index (χ0) is 26.2. The van der Waals surface area contributed by atoms with Gasteiger partial charge in [0.25, 0.3) is 0 Å². The summed E-state index contributed by atoms with van der Waals surface area (Å²) in [6.45, 7) is 3.42. The molecule has 0 saturated carbocycles. The number of carboxylic acids is 1. The lowest BCUT2D eigenvalue weighted by atomic mass is 9.94. The monoisotopic (exact) mass is 518 g/mol. The molecule has 1 aromatic rings. The molecule has 192 valence electrons. The standard InChI is InChI=1S/C22H26N6O7S/c1-22(2)15(17(32)24-10-12(29)30)28-18(33)14(19(28)36-22)25-16(31)13(11-6-4-3-5-7-11)26-21(35)27-9-8-23-20(27)34/h3-7,13-15,19H,8-10H2,1-2H3,(H,23,34)(H,24,32)(H,25,31)(H,26,35)(H,29,30)/t13-,14-,15+,19-/m1/s1. The van der Waals surface area contributed by atoms with Gasteiger partial charge in [-0.2, -0.15) is 0 Å². The average Bonchev–Trinajstić information content (AvgIpc) is 3.38. The van der Waals surface area contributed by atoms with E-state index in [-0.39, 0.29) is 6.54 Å². The number of β-lactam (4-membered cyclic amide) rings is 1. The summed E-state index contributed by atoms with van der Waals surface area (Å²) >= 11 is 1.32. The molecule has 3 aliphatic heterocycles. The molecule has 0 unspecified atom stereocenters. The largest absolute Gasteiger partial charge is 0.480 e. The molecule has 0 radical (unpaired) electrons. The third-order valence-corrected chi connectivity index (χ3v) is 7.74. The maximum atomic E-state index is 13.3. The van der Waals surface area contributed by atoms with Crippen LogP contribution < -0.4 is 21.3 Å². The highest BCUT2D eigenvalue weighted by Gasteiger charge is 2.64. The highest BCUT2D eigenvalue weighted by Crippen LogP contribution is 2.50. The maximum absolute atomic E-state index is 13.3. The lowest BCUT2D eigenvalue weighted by Gasteiger charge is -2.44. The molecular weight excluding hydrogens is 492 g/mol. The van der Waals surface area contributed by atoms with Crippen molar-refractivity contribution in [3.8, 4) is 0 Å². The normalized spacial score (nSPS) is 24.8. The van der Waals surface area contributed by atoms with E-state index in [9.17, 15) is 28.8 Å². The first-order valence-corrected chi connectivity index (χ1v) is 12.1. The number of urea groups is 2. The van der Waals surface area contributed by atoms with Gasteiger partial charge in [-0.05, 0) is 19.4 Å². The van der Waals surface area contributed by atoms with Crippen LogP contribution in [0.5, 0.6) is 0 Å². The molecule has 3 fully saturated rings. The van der Waals surface area contributed by atoms with E-state index < -0.39 is 70.5 Å². The van der Waals surface area contributed by atoms with Crippen LogP contribution in [0.25, 0.3) is 0 Å². The van der Waals surface area contributed by atoms with Crippen LogP contribution in [0, 0.1) is 0 Å². The van der Waals surface area contributed by atoms with Crippen LogP contribution in [0.1, 0.15) is 25.5 Å². The minimum Gasteiger partial charge on any atom is -0.480 e. The third kappa shape index (κ3) is 4.67. The van der Waals surface area contributed by atoms with Crippen molar-refractivity contribution in [1.29, 1.82) is 0 Å². The number of carbonyl (C=O) groups is 6. The number of aliphatic carboxylic acids is 1. The fourth-order valence-corrected chi connectivity index (χ4v) is 6.11. The van der Waals surface area contributed by atoms with Gasteiger partial charge in [0.1, 0.15) is 30.0 Å². The molecule has 3 aliphatic rings. The van der Waals surface area contributed by atoms with E-state index in [0.717, 1.165) is 4.90 Å². The molecule has 0 spiro atoms. The molecule has 4 rings (SSSR count). The lowest BCUT2D eigenvalue weighted by Crippen LogP contribution is -2.72. The van der Waals surface area contributed by atoms with Crippen molar-refractivity contribution in [2.45, 2.75) is 42.1 Å². The summed E-state index contributed by atoms with van der Waals surface area (Å²) in [6.07, 6.45) is 0. The van der Waals surface area contributed by atoms with Gasteiger partial charge in [-0.1, -0.05) is 30.3 Å². The predicted octanol–water partition coefficient (Wildman–Crippen LogP) is -0.790. The van der Waals surface area contributed by atoms with Gasteiger partial charge in [-0.15, -0.1) is 11.8 Å². The zero-order valence-corrected chi connectivity index (χ0v) is 20.3. The molecule has 1 aromatic carbocycles. The number of imide groups is 1. The van der Waals surface area contributed by atoms with Gasteiger partial charge >= 0.3 is 18.0 Å². The molecule has 3 heterocycles. The Morgan fingerprint density at radius 3 is 2.50 bits per heavy atom. The molecule has 0 bridgehead atoms. The van der Waals surface area contributed by atoms with Gasteiger partial charge in [0.05, 0.1) is 0 Å². The Balaban J connectivity index is 1.48. The molecule has 0 aromatic heterocycles. The fourth-order valence-electron chi connectivity index (χ4n) is 4.48. The van der Waals surface area contributed by atoms with Crippen molar-refractivity contribution in [1.82, 2.24) is 31.1 Å². The number of carboxylic acid groups (broad SMARTS) is 1. The number of amides is 7. The Labute approximate surface area is 210 Å². The first-order valence-electron chi connectivity index (χ1n) is 11.2. The van der Waals surface area contributed by atoms with Crippen molar-refractivity contribution in [3.63, 3.8) is 0 Å². The second kappa shape index (κ2) is 9.68. The summed E-state index contributed by atoms with van der Waals surface area (Å²) in [4.78, 5) is 76.6. The fraction of sp³-hybridized carbons (Fsp3) is 0.455. The highest BCUT2D eigenvalue weighted by molar-refractivity contribution is 8.01. The molecule has 7 amide bonds. The molecule has 4 atom stereocenters. The van der Waals surface area contributed by atoms with Crippen LogP contribution in [-0.4, -0.2) is 92.5 Å². The van der Waals surface area contributed by atoms with Gasteiger partial charge in [0.15, 0.2) is 0 Å². The summed E-state index contributed by atoms with van der Waals surface area (Å²) in [7, 11) is 0. The number of benzene rings is 1. The van der Waals surface area contributed by atoms with E-state index >= 15 is 0 Å². The number of thioether (sulfide) groups is 1. The van der Waals surface area contributed by atoms with Crippen LogP contribution >= 0.6 is 11.8 Å². The van der Waals surface area contributed by atoms with Crippen molar-refractivity contribution >= 4 is 47.5 Å². The van der Waals surface area contributed by atoms with Gasteiger partial charge < -0.3 is 31.3 Å². The number of hydrogen-bond acceptors (Lipinski definition) is 7. The van der Waals surface area contributed by atoms with Crippen LogP contribution in [-0.2, 0) is 19.2 Å². The smallest absolute Gasteiger partial charge is 0.326 e. The number of nitrogens with one attached hydrogen (secondary N) is 4. The molecule has 36 heavy (non-hydrogen) atoms. The van der Waals surface area contributed by atoms with Crippen LogP contribution in [0.2, 0.25) is 0 Å². The Bertz CT molecular complexity index is 1110. The molecule has 3 saturated heterocycles. The minimum atomic E-state index is -1.20. The average molecular weight is 519 g/mol. The molecule has 14 heteroatoms. The predicted molar refractivity (Wildman–Crippen MR) is 126 cm³/mol. The second-order valence-corrected chi connectivity index (χ2v) is 10.8. The van der Waals surface area contributed by atoms with Gasteiger partial charge in [0.2, 0.25) is 17.7 Å². The van der Waals surface area contributed by atoms with E-state index in [1.54, 1.807) is 44.2 Å². The topological polar surface area (TPSA) is 177 Å². The van der Waals surface area contributed by atoms with E-state index in [1.165, 1.54) is 16.7 Å². The first-order chi connectivity index (χ1) is 17.0. The van der Waals surface area contributed by atoms with Gasteiger partial charge in [-0.25, -0.2) is 14.5 Å². The van der Waals surface area contributed by atoms with Crippen LogP contribution in [0.3, 0.4) is 0 Å². The first kappa shape index (κ1) is 25.3. The lowest BCUT2D eigenvalue weighted by molar-refractivity contribution is -0.155. The minimum absolute atomic E-state index is 0.156. The van der Waals surface area contributed by atoms with E-state index in [2.05, 4.69) is 21.3 Å². The third-order valence-electron chi connectivity index (χ3n) is 6.17. The summed E-state index contributed by atoms with van der Waals surface area (Å²) < 4.78 is -0.738. The summed E-state index contributed by atoms with van der Waals surface area (Å²) in [6, 6.07) is 4.05. The molecular formula is C22H26N6O7S. The van der Waals surface area contributed by atoms with Crippen molar-refractivity contribution in [2.24, 2.45) is 0 Å². The molecule has 0 aliphatic carbocycles. The number of rotatable bonds is 7. The summed E-state index contributed by atoms with van der Waals surface area (Å²) in [5, 5.41) is 18.4. The number of carbonyl (C=O) groups excluding carboxylic acids is 5. The quantitative estimate of drug-likeness (QED) is 0.292. The number of hydrogen-bond donors (Lipinski definition) is 5. The van der Waals surface area contributed by atoms with Crippen molar-refractivity contribution < 1.29 is 33.9 Å². The Morgan fingerprint density at radius 1 is 1.19 bits per heavy atom. The van der Waals surface area contributed by atoms with Gasteiger partial charge in [-0.3, -0.25) is 19.2 Å². The zero-order valence-electron chi connectivity index (χ0n) is 19.5. The van der Waals surface area contributed by atoms with Crippen LogP contribution in [0.15, 0.2) is 30.3 Å². The summed E-state index contributed by atoms with van der Waals surface area (Å²) in [5.74, 6) is -2.93. The molecule has 13 nitrogen and oxygen atoms in total. The van der Waals surface area contributed by atoms with Crippen LogP contribution in [0.4, 0.5) is 9.59 Å². The van der Waals surface area contributed by atoms with E-state index in [0.29, 0.717) is 12.1 Å². The highest BCUT2D eigenvalue weighted by atomic mass is 32.2. The van der Waals surface area contributed by atoms with Crippen molar-refractivity contribution in [3.05, 3.63) is 35.9 Å². The Hall–Kier alpha value is -3.81. The van der Waals surface area contributed by atoms with E-state index in [1.807, 2.05) is 0 Å². The maximum Gasteiger partial charge on any atom is 0.326 e. The van der Waals surface area contributed by atoms with E-state index in [4.69, 9.17) is 5.11 Å².